The van der Waals surface area contributed by atoms with Gasteiger partial charge in [0.25, 0.3) is 0 Å². The fourth-order valence-corrected chi connectivity index (χ4v) is 2.64. The van der Waals surface area contributed by atoms with E-state index >= 15 is 0 Å². The van der Waals surface area contributed by atoms with Crippen LogP contribution in [0.1, 0.15) is 28.4 Å². The number of carbonyl (C=O) groups excluding carboxylic acids is 1. The first kappa shape index (κ1) is 15.6. The number of hydrogen-bond acceptors (Lipinski definition) is 3. The van der Waals surface area contributed by atoms with Gasteiger partial charge in [0.1, 0.15) is 5.75 Å². The van der Waals surface area contributed by atoms with Gasteiger partial charge in [-0.05, 0) is 56.2 Å². The molecule has 0 aliphatic rings. The van der Waals surface area contributed by atoms with Gasteiger partial charge in [-0.2, -0.15) is 0 Å². The van der Waals surface area contributed by atoms with Crippen molar-refractivity contribution < 1.29 is 9.53 Å². The second kappa shape index (κ2) is 7.32. The molecule has 0 saturated carbocycles. The van der Waals surface area contributed by atoms with Crippen LogP contribution in [0.25, 0.3) is 0 Å². The van der Waals surface area contributed by atoms with Crippen LogP contribution in [0.2, 0.25) is 0 Å². The zero-order valence-corrected chi connectivity index (χ0v) is 13.5. The molecular weight excluding hydrogens is 280 g/mol. The van der Waals surface area contributed by atoms with Gasteiger partial charge >= 0.3 is 0 Å². The van der Waals surface area contributed by atoms with Crippen LogP contribution in [0.15, 0.2) is 47.4 Å². The van der Waals surface area contributed by atoms with E-state index in [-0.39, 0.29) is 5.78 Å². The largest absolute Gasteiger partial charge is 0.493 e. The number of rotatable bonds is 6. The van der Waals surface area contributed by atoms with Gasteiger partial charge in [-0.25, -0.2) is 0 Å². The molecule has 0 N–H and O–H groups in total. The normalized spacial score (nSPS) is 10.4. The summed E-state index contributed by atoms with van der Waals surface area (Å²) in [6, 6.07) is 13.9. The minimum atomic E-state index is 0.102. The third-order valence-electron chi connectivity index (χ3n) is 3.36. The summed E-state index contributed by atoms with van der Waals surface area (Å²) in [4.78, 5) is 12.4. The van der Waals surface area contributed by atoms with Crippen molar-refractivity contribution in [3.8, 4) is 5.75 Å². The highest BCUT2D eigenvalue weighted by atomic mass is 32.2. The number of hydrogen-bond donors (Lipinski definition) is 0. The molecule has 3 heteroatoms. The SMILES string of the molecule is CC(=O)c1ccc(SCCOc2ccc(C)c(C)c2)cc1. The molecule has 110 valence electrons. The van der Waals surface area contributed by atoms with Crippen LogP contribution >= 0.6 is 11.8 Å². The quantitative estimate of drug-likeness (QED) is 0.440. The first-order valence-corrected chi connectivity index (χ1v) is 7.98. The zero-order valence-electron chi connectivity index (χ0n) is 12.7. The van der Waals surface area contributed by atoms with Crippen molar-refractivity contribution in [2.75, 3.05) is 12.4 Å². The van der Waals surface area contributed by atoms with Gasteiger partial charge < -0.3 is 4.74 Å². The number of ketones is 1. The van der Waals surface area contributed by atoms with Gasteiger partial charge in [-0.3, -0.25) is 4.79 Å². The van der Waals surface area contributed by atoms with Crippen molar-refractivity contribution in [3.63, 3.8) is 0 Å². The highest BCUT2D eigenvalue weighted by Crippen LogP contribution is 2.20. The van der Waals surface area contributed by atoms with Gasteiger partial charge in [0.15, 0.2) is 5.78 Å². The van der Waals surface area contributed by atoms with Crippen molar-refractivity contribution in [2.45, 2.75) is 25.7 Å². The first-order valence-electron chi connectivity index (χ1n) is 7.00. The summed E-state index contributed by atoms with van der Waals surface area (Å²) in [5, 5.41) is 0. The molecule has 0 amide bonds. The van der Waals surface area contributed by atoms with Crippen LogP contribution in [0, 0.1) is 13.8 Å². The molecule has 21 heavy (non-hydrogen) atoms. The van der Waals surface area contributed by atoms with Crippen LogP contribution in [0.3, 0.4) is 0 Å². The average molecular weight is 300 g/mol. The van der Waals surface area contributed by atoms with Crippen molar-refractivity contribution in [1.29, 1.82) is 0 Å². The minimum absolute atomic E-state index is 0.102. The predicted octanol–water partition coefficient (Wildman–Crippen LogP) is 4.68. The van der Waals surface area contributed by atoms with E-state index in [1.807, 2.05) is 30.3 Å². The van der Waals surface area contributed by atoms with Crippen molar-refractivity contribution in [2.24, 2.45) is 0 Å². The van der Waals surface area contributed by atoms with Crippen LogP contribution in [0.4, 0.5) is 0 Å². The van der Waals surface area contributed by atoms with Crippen LogP contribution in [0.5, 0.6) is 5.75 Å². The molecule has 2 rings (SSSR count). The number of ether oxygens (including phenoxy) is 1. The summed E-state index contributed by atoms with van der Waals surface area (Å²) >= 11 is 1.73. The Hall–Kier alpha value is -1.74. The zero-order chi connectivity index (χ0) is 15.2. The fourth-order valence-electron chi connectivity index (χ4n) is 1.91. The number of Topliss-reactive ketones (excluding diaryl/α,β-unsaturated/α-hetero) is 1. The highest BCUT2D eigenvalue weighted by Gasteiger charge is 2.01. The molecule has 2 aromatic carbocycles. The molecule has 2 nitrogen and oxygen atoms in total. The predicted molar refractivity (Wildman–Crippen MR) is 88.6 cm³/mol. The van der Waals surface area contributed by atoms with Gasteiger partial charge in [0, 0.05) is 16.2 Å². The van der Waals surface area contributed by atoms with Crippen molar-refractivity contribution >= 4 is 17.5 Å². The summed E-state index contributed by atoms with van der Waals surface area (Å²) in [7, 11) is 0. The highest BCUT2D eigenvalue weighted by molar-refractivity contribution is 7.99. The Bertz CT molecular complexity index is 618. The van der Waals surface area contributed by atoms with E-state index in [0.29, 0.717) is 6.61 Å². The molecule has 0 aliphatic carbocycles. The molecule has 0 spiro atoms. The fraction of sp³-hybridized carbons (Fsp3) is 0.278. The monoisotopic (exact) mass is 300 g/mol. The Morgan fingerprint density at radius 3 is 2.38 bits per heavy atom. The Balaban J connectivity index is 1.79. The Labute approximate surface area is 130 Å². The van der Waals surface area contributed by atoms with Crippen LogP contribution < -0.4 is 4.74 Å². The topological polar surface area (TPSA) is 26.3 Å². The maximum Gasteiger partial charge on any atom is 0.159 e. The van der Waals surface area contributed by atoms with Gasteiger partial charge in [0.2, 0.25) is 0 Å². The van der Waals surface area contributed by atoms with E-state index in [1.54, 1.807) is 18.7 Å². The number of aryl methyl sites for hydroxylation is 2. The molecule has 0 fully saturated rings. The Kier molecular flexibility index (Phi) is 5.45. The maximum atomic E-state index is 11.2. The lowest BCUT2D eigenvalue weighted by Gasteiger charge is -2.08. The van der Waals surface area contributed by atoms with Crippen molar-refractivity contribution in [1.82, 2.24) is 0 Å². The van der Waals surface area contributed by atoms with Gasteiger partial charge in [0.05, 0.1) is 6.61 Å². The molecule has 0 radical (unpaired) electrons. The van der Waals surface area contributed by atoms with E-state index in [0.717, 1.165) is 22.0 Å². The van der Waals surface area contributed by atoms with Crippen LogP contribution in [-0.2, 0) is 0 Å². The van der Waals surface area contributed by atoms with E-state index in [4.69, 9.17) is 4.74 Å². The standard InChI is InChI=1S/C18H20O2S/c1-13-4-7-17(12-14(13)2)20-10-11-21-18-8-5-16(6-9-18)15(3)19/h4-9,12H,10-11H2,1-3H3. The Morgan fingerprint density at radius 1 is 1.05 bits per heavy atom. The molecule has 0 unspecified atom stereocenters. The molecular formula is C18H20O2S. The summed E-state index contributed by atoms with van der Waals surface area (Å²) in [6.45, 7) is 6.44. The maximum absolute atomic E-state index is 11.2. The van der Waals surface area contributed by atoms with E-state index in [1.165, 1.54) is 11.1 Å². The molecule has 0 aromatic heterocycles. The van der Waals surface area contributed by atoms with E-state index in [2.05, 4.69) is 26.0 Å². The summed E-state index contributed by atoms with van der Waals surface area (Å²) in [6.07, 6.45) is 0. The molecule has 0 saturated heterocycles. The summed E-state index contributed by atoms with van der Waals surface area (Å²) in [5.74, 6) is 1.90. The molecule has 0 aliphatic heterocycles. The average Bonchev–Trinajstić information content (AvgIpc) is 2.47. The van der Waals surface area contributed by atoms with Crippen LogP contribution in [-0.4, -0.2) is 18.1 Å². The third-order valence-corrected chi connectivity index (χ3v) is 4.34. The smallest absolute Gasteiger partial charge is 0.159 e. The van der Waals surface area contributed by atoms with Gasteiger partial charge in [-0.15, -0.1) is 11.8 Å². The lowest BCUT2D eigenvalue weighted by Crippen LogP contribution is -2.00. The number of carbonyl (C=O) groups is 1. The Morgan fingerprint density at radius 2 is 1.76 bits per heavy atom. The first-order chi connectivity index (χ1) is 10.1. The summed E-state index contributed by atoms with van der Waals surface area (Å²) in [5.41, 5.74) is 3.29. The minimum Gasteiger partial charge on any atom is -0.493 e. The molecule has 0 heterocycles. The number of benzene rings is 2. The lowest BCUT2D eigenvalue weighted by molar-refractivity contribution is 0.101. The summed E-state index contributed by atoms with van der Waals surface area (Å²) < 4.78 is 5.75. The lowest BCUT2D eigenvalue weighted by atomic mass is 10.1. The van der Waals surface area contributed by atoms with Crippen molar-refractivity contribution in [3.05, 3.63) is 59.2 Å². The molecule has 2 aromatic rings. The molecule has 0 bridgehead atoms. The van der Waals surface area contributed by atoms with E-state index in [9.17, 15) is 4.79 Å². The van der Waals surface area contributed by atoms with E-state index < -0.39 is 0 Å². The third kappa shape index (κ3) is 4.64. The molecule has 0 atom stereocenters. The van der Waals surface area contributed by atoms with Gasteiger partial charge in [-0.1, -0.05) is 18.2 Å². The second-order valence-corrected chi connectivity index (χ2v) is 6.19. The second-order valence-electron chi connectivity index (χ2n) is 5.02. The number of thioether (sulfide) groups is 1.